The highest BCUT2D eigenvalue weighted by atomic mass is 16.6. The van der Waals surface area contributed by atoms with Crippen molar-refractivity contribution in [3.8, 4) is 0 Å². The van der Waals surface area contributed by atoms with E-state index in [1.807, 2.05) is 0 Å². The van der Waals surface area contributed by atoms with Crippen LogP contribution in [0.2, 0.25) is 0 Å². The molecule has 380 valence electrons. The van der Waals surface area contributed by atoms with Gasteiger partial charge in [0.05, 0.1) is 0 Å². The van der Waals surface area contributed by atoms with Crippen LogP contribution in [0.25, 0.3) is 0 Å². The van der Waals surface area contributed by atoms with Crippen LogP contribution in [-0.2, 0) is 28.6 Å². The molecule has 0 saturated heterocycles. The van der Waals surface area contributed by atoms with Crippen LogP contribution in [-0.4, -0.2) is 37.2 Å². The molecule has 0 amide bonds. The molecule has 0 rings (SSSR count). The molecule has 0 aliphatic carbocycles. The van der Waals surface area contributed by atoms with Crippen molar-refractivity contribution in [1.29, 1.82) is 0 Å². The zero-order valence-corrected chi connectivity index (χ0v) is 43.4. The van der Waals surface area contributed by atoms with Crippen LogP contribution in [0.1, 0.15) is 271 Å². The third-order valence-corrected chi connectivity index (χ3v) is 11.9. The van der Waals surface area contributed by atoms with Crippen LogP contribution < -0.4 is 0 Å². The van der Waals surface area contributed by atoms with Crippen LogP contribution in [0, 0.1) is 0 Å². The Bertz CT molecular complexity index is 1240. The lowest BCUT2D eigenvalue weighted by molar-refractivity contribution is -0.167. The Balaban J connectivity index is 4.42. The summed E-state index contributed by atoms with van der Waals surface area (Å²) in [6.07, 6.45) is 68.9. The van der Waals surface area contributed by atoms with Gasteiger partial charge in [-0.25, -0.2) is 0 Å². The molecule has 66 heavy (non-hydrogen) atoms. The Hall–Kier alpha value is -3.15. The zero-order valence-electron chi connectivity index (χ0n) is 43.4. The maximum Gasteiger partial charge on any atom is 0.306 e. The second-order valence-electron chi connectivity index (χ2n) is 18.5. The monoisotopic (exact) mass is 921 g/mol. The van der Waals surface area contributed by atoms with E-state index in [4.69, 9.17) is 14.2 Å². The molecule has 0 aromatic heterocycles. The second kappa shape index (κ2) is 54.5. The molecular formula is C60H104O6. The molecule has 6 nitrogen and oxygen atoms in total. The highest BCUT2D eigenvalue weighted by Crippen LogP contribution is 2.15. The lowest BCUT2D eigenvalue weighted by Gasteiger charge is -2.18. The summed E-state index contributed by atoms with van der Waals surface area (Å²) in [6, 6.07) is 0. The van der Waals surface area contributed by atoms with Gasteiger partial charge in [0, 0.05) is 19.3 Å². The normalized spacial score (nSPS) is 12.6. The number of hydrogen-bond acceptors (Lipinski definition) is 6. The molecule has 0 spiro atoms. The van der Waals surface area contributed by atoms with Crippen molar-refractivity contribution >= 4 is 17.9 Å². The number of carbonyl (C=O) groups excluding carboxylic acids is 3. The van der Waals surface area contributed by atoms with Crippen molar-refractivity contribution in [2.45, 2.75) is 277 Å². The topological polar surface area (TPSA) is 78.9 Å². The number of rotatable bonds is 50. The van der Waals surface area contributed by atoms with E-state index in [1.165, 1.54) is 141 Å². The average molecular weight is 921 g/mol. The summed E-state index contributed by atoms with van der Waals surface area (Å²) < 4.78 is 16.8. The molecular weight excluding hydrogens is 817 g/mol. The molecule has 0 N–H and O–H groups in total. The van der Waals surface area contributed by atoms with Crippen molar-refractivity contribution in [1.82, 2.24) is 0 Å². The SMILES string of the molecule is CC/C=C\C/C=C\C/C=C\C/C=C\CCCCC(=O)OC(COC(=O)CCCCCCC/C=C\CCCCCCC)COC(=O)CCCCCCCCCCC/C=C\CCCCCCCC. The van der Waals surface area contributed by atoms with Gasteiger partial charge < -0.3 is 14.2 Å². The predicted molar refractivity (Wildman–Crippen MR) is 284 cm³/mol. The zero-order chi connectivity index (χ0) is 47.9. The van der Waals surface area contributed by atoms with Crippen LogP contribution in [0.5, 0.6) is 0 Å². The maximum absolute atomic E-state index is 12.8. The molecule has 0 fully saturated rings. The average Bonchev–Trinajstić information content (AvgIpc) is 3.31. The molecule has 0 heterocycles. The predicted octanol–water partition coefficient (Wildman–Crippen LogP) is 18.6. The molecule has 0 saturated carbocycles. The molecule has 0 bridgehead atoms. The maximum atomic E-state index is 12.8. The van der Waals surface area contributed by atoms with Gasteiger partial charge >= 0.3 is 17.9 Å². The molecule has 0 aliphatic heterocycles. The summed E-state index contributed by atoms with van der Waals surface area (Å²) in [5.74, 6) is -0.942. The summed E-state index contributed by atoms with van der Waals surface area (Å²) in [6.45, 7) is 6.48. The number of ether oxygens (including phenoxy) is 3. The highest BCUT2D eigenvalue weighted by Gasteiger charge is 2.19. The van der Waals surface area contributed by atoms with Gasteiger partial charge in [0.1, 0.15) is 13.2 Å². The molecule has 1 atom stereocenters. The molecule has 0 aliphatic rings. The van der Waals surface area contributed by atoms with E-state index in [0.717, 1.165) is 83.5 Å². The quantitative estimate of drug-likeness (QED) is 0.0262. The minimum Gasteiger partial charge on any atom is -0.462 e. The Labute approximate surface area is 408 Å². The first-order valence-corrected chi connectivity index (χ1v) is 27.9. The van der Waals surface area contributed by atoms with Gasteiger partial charge in [-0.15, -0.1) is 0 Å². The Kier molecular flexibility index (Phi) is 51.9. The number of hydrogen-bond donors (Lipinski definition) is 0. The van der Waals surface area contributed by atoms with E-state index < -0.39 is 6.10 Å². The first-order chi connectivity index (χ1) is 32.5. The van der Waals surface area contributed by atoms with Gasteiger partial charge in [-0.3, -0.25) is 14.4 Å². The van der Waals surface area contributed by atoms with Crippen LogP contribution >= 0.6 is 0 Å². The molecule has 6 heteroatoms. The summed E-state index contributed by atoms with van der Waals surface area (Å²) in [4.78, 5) is 38.1. The first-order valence-electron chi connectivity index (χ1n) is 27.9. The summed E-state index contributed by atoms with van der Waals surface area (Å²) in [5.41, 5.74) is 0. The standard InChI is InChI=1S/C60H104O6/c1-4-7-10-13-16-19-22-25-28-29-30-31-33-35-38-41-44-47-50-53-59(62)65-56-57(55-64-58(61)52-49-46-43-40-37-34-27-24-21-18-15-12-9-6-3)66-60(63)54-51-48-45-42-39-36-32-26-23-20-17-14-11-8-5-2/h8,11,17,20,24-28,32,39,42,57H,4-7,9-10,12-16,18-19,21-23,29-31,33-38,40-41,43-56H2,1-3H3/b11-8-,20-17-,27-24-,28-25-,32-26-,42-39-. The van der Waals surface area contributed by atoms with Gasteiger partial charge in [0.2, 0.25) is 0 Å². The number of carbonyl (C=O) groups is 3. The van der Waals surface area contributed by atoms with Crippen molar-refractivity contribution < 1.29 is 28.6 Å². The minimum atomic E-state index is -0.801. The van der Waals surface area contributed by atoms with E-state index in [-0.39, 0.29) is 37.5 Å². The summed E-state index contributed by atoms with van der Waals surface area (Å²) in [5, 5.41) is 0. The lowest BCUT2D eigenvalue weighted by Crippen LogP contribution is -2.30. The Morgan fingerprint density at radius 2 is 0.591 bits per heavy atom. The third-order valence-electron chi connectivity index (χ3n) is 11.9. The van der Waals surface area contributed by atoms with Crippen molar-refractivity contribution in [2.24, 2.45) is 0 Å². The summed E-state index contributed by atoms with van der Waals surface area (Å²) in [7, 11) is 0. The van der Waals surface area contributed by atoms with Crippen molar-refractivity contribution in [3.05, 3.63) is 72.9 Å². The van der Waals surface area contributed by atoms with E-state index in [1.54, 1.807) is 0 Å². The summed E-state index contributed by atoms with van der Waals surface area (Å²) >= 11 is 0. The van der Waals surface area contributed by atoms with Gasteiger partial charge in [-0.05, 0) is 109 Å². The number of esters is 3. The number of unbranched alkanes of at least 4 members (excludes halogenated alkanes) is 27. The van der Waals surface area contributed by atoms with Gasteiger partial charge in [-0.2, -0.15) is 0 Å². The molecule has 0 aromatic carbocycles. The van der Waals surface area contributed by atoms with Gasteiger partial charge in [0.25, 0.3) is 0 Å². The van der Waals surface area contributed by atoms with Crippen LogP contribution in [0.3, 0.4) is 0 Å². The highest BCUT2D eigenvalue weighted by molar-refractivity contribution is 5.71. The van der Waals surface area contributed by atoms with Crippen molar-refractivity contribution in [2.75, 3.05) is 13.2 Å². The van der Waals surface area contributed by atoms with E-state index >= 15 is 0 Å². The fourth-order valence-corrected chi connectivity index (χ4v) is 7.72. The Morgan fingerprint density at radius 3 is 0.970 bits per heavy atom. The van der Waals surface area contributed by atoms with E-state index in [0.29, 0.717) is 19.3 Å². The fraction of sp³-hybridized carbons (Fsp3) is 0.750. The molecule has 1 unspecified atom stereocenters. The smallest absolute Gasteiger partial charge is 0.306 e. The lowest BCUT2D eigenvalue weighted by atomic mass is 10.1. The van der Waals surface area contributed by atoms with Gasteiger partial charge in [-0.1, -0.05) is 216 Å². The van der Waals surface area contributed by atoms with E-state index in [9.17, 15) is 14.4 Å². The first kappa shape index (κ1) is 62.8. The van der Waals surface area contributed by atoms with E-state index in [2.05, 4.69) is 93.7 Å². The van der Waals surface area contributed by atoms with Crippen LogP contribution in [0.4, 0.5) is 0 Å². The second-order valence-corrected chi connectivity index (χ2v) is 18.5. The van der Waals surface area contributed by atoms with Gasteiger partial charge in [0.15, 0.2) is 6.10 Å². The molecule has 0 radical (unpaired) electrons. The number of allylic oxidation sites excluding steroid dienone is 12. The minimum absolute atomic E-state index is 0.0952. The molecule has 0 aromatic rings. The van der Waals surface area contributed by atoms with Crippen molar-refractivity contribution in [3.63, 3.8) is 0 Å². The fourth-order valence-electron chi connectivity index (χ4n) is 7.72. The third kappa shape index (κ3) is 51.8. The Morgan fingerprint density at radius 1 is 0.318 bits per heavy atom. The largest absolute Gasteiger partial charge is 0.462 e. The van der Waals surface area contributed by atoms with Crippen LogP contribution in [0.15, 0.2) is 72.9 Å².